The van der Waals surface area contributed by atoms with Crippen molar-refractivity contribution in [2.24, 2.45) is 0 Å². The average Bonchev–Trinajstić information content (AvgIpc) is 2.89. The molecule has 0 N–H and O–H groups in total. The molecule has 102 valence electrons. The van der Waals surface area contributed by atoms with E-state index in [0.29, 0.717) is 13.0 Å². The molecule has 5 nitrogen and oxygen atoms in total. The van der Waals surface area contributed by atoms with Crippen molar-refractivity contribution in [2.45, 2.75) is 31.9 Å². The van der Waals surface area contributed by atoms with Crippen LogP contribution in [0.25, 0.3) is 0 Å². The number of methoxy groups -OCH3 is 1. The molecular formula is C14H19N3O2. The Morgan fingerprint density at radius 1 is 1.63 bits per heavy atom. The van der Waals surface area contributed by atoms with Crippen LogP contribution in [0.3, 0.4) is 0 Å². The van der Waals surface area contributed by atoms with E-state index in [1.54, 1.807) is 19.4 Å². The first-order valence-electron chi connectivity index (χ1n) is 6.53. The number of hydrogen-bond donors (Lipinski definition) is 0. The molecule has 0 saturated carbocycles. The van der Waals surface area contributed by atoms with E-state index in [1.807, 2.05) is 0 Å². The predicted molar refractivity (Wildman–Crippen MR) is 74.2 cm³/mol. The Balaban J connectivity index is 2.03. The lowest BCUT2D eigenvalue weighted by Crippen LogP contribution is -2.27. The maximum atomic E-state index is 11.9. The van der Waals surface area contributed by atoms with Gasteiger partial charge in [-0.3, -0.25) is 4.79 Å². The lowest BCUT2D eigenvalue weighted by Gasteiger charge is -2.17. The maximum Gasteiger partial charge on any atom is 0.268 e. The van der Waals surface area contributed by atoms with E-state index in [-0.39, 0.29) is 11.7 Å². The largest absolute Gasteiger partial charge is 0.380 e. The van der Waals surface area contributed by atoms with Gasteiger partial charge in [0, 0.05) is 39.2 Å². The van der Waals surface area contributed by atoms with E-state index in [2.05, 4.69) is 15.9 Å². The van der Waals surface area contributed by atoms with Gasteiger partial charge in [0.1, 0.15) is 0 Å². The number of unbranched alkanes of at least 4 members (excludes halogenated alkanes) is 1. The van der Waals surface area contributed by atoms with Crippen LogP contribution in [0.2, 0.25) is 0 Å². The van der Waals surface area contributed by atoms with E-state index < -0.39 is 0 Å². The summed E-state index contributed by atoms with van der Waals surface area (Å²) in [6, 6.07) is 1.64. The highest BCUT2D eigenvalue weighted by atomic mass is 16.5. The number of aromatic nitrogens is 2. The van der Waals surface area contributed by atoms with E-state index in [9.17, 15) is 4.79 Å². The van der Waals surface area contributed by atoms with Crippen molar-refractivity contribution in [3.8, 4) is 12.3 Å². The van der Waals surface area contributed by atoms with Gasteiger partial charge >= 0.3 is 0 Å². The van der Waals surface area contributed by atoms with E-state index in [1.165, 1.54) is 4.68 Å². The molecule has 2 heterocycles. The van der Waals surface area contributed by atoms with Crippen molar-refractivity contribution < 1.29 is 4.74 Å². The minimum absolute atomic E-state index is 0.0737. The van der Waals surface area contributed by atoms with Gasteiger partial charge in [-0.15, -0.1) is 12.3 Å². The van der Waals surface area contributed by atoms with Crippen molar-refractivity contribution in [3.63, 3.8) is 0 Å². The molecule has 1 fully saturated rings. The van der Waals surface area contributed by atoms with Crippen molar-refractivity contribution in [1.29, 1.82) is 0 Å². The molecule has 1 aliphatic rings. The summed E-state index contributed by atoms with van der Waals surface area (Å²) in [6.45, 7) is 2.30. The molecule has 1 saturated heterocycles. The molecule has 2 rings (SSSR count). The van der Waals surface area contributed by atoms with Gasteiger partial charge in [0.25, 0.3) is 5.56 Å². The molecule has 0 bridgehead atoms. The number of aryl methyl sites for hydroxylation is 1. The fraction of sp³-hybridized carbons (Fsp3) is 0.571. The molecule has 0 spiro atoms. The summed E-state index contributed by atoms with van der Waals surface area (Å²) in [7, 11) is 1.72. The molecule has 19 heavy (non-hydrogen) atoms. The van der Waals surface area contributed by atoms with Gasteiger partial charge in [-0.25, -0.2) is 4.68 Å². The third-order valence-corrected chi connectivity index (χ3v) is 3.39. The van der Waals surface area contributed by atoms with Crippen molar-refractivity contribution in [2.75, 3.05) is 25.1 Å². The van der Waals surface area contributed by atoms with Crippen LogP contribution >= 0.6 is 0 Å². The molecule has 1 aromatic rings. The Morgan fingerprint density at radius 2 is 2.47 bits per heavy atom. The van der Waals surface area contributed by atoms with Crippen molar-refractivity contribution in [3.05, 3.63) is 22.6 Å². The van der Waals surface area contributed by atoms with Gasteiger partial charge in [-0.05, 0) is 12.8 Å². The molecule has 0 aliphatic carbocycles. The second-order valence-electron chi connectivity index (χ2n) is 4.68. The molecule has 0 aromatic carbocycles. The van der Waals surface area contributed by atoms with Crippen LogP contribution in [-0.2, 0) is 11.3 Å². The highest BCUT2D eigenvalue weighted by molar-refractivity contribution is 5.44. The zero-order valence-electron chi connectivity index (χ0n) is 11.2. The quantitative estimate of drug-likeness (QED) is 0.583. The number of ether oxygens (including phenoxy) is 1. The van der Waals surface area contributed by atoms with Crippen LogP contribution in [0.15, 0.2) is 17.1 Å². The average molecular weight is 261 g/mol. The van der Waals surface area contributed by atoms with Crippen molar-refractivity contribution >= 4 is 5.69 Å². The summed E-state index contributed by atoms with van der Waals surface area (Å²) in [5, 5.41) is 4.20. The predicted octanol–water partition coefficient (Wildman–Crippen LogP) is 0.882. The topological polar surface area (TPSA) is 47.4 Å². The molecule has 1 unspecified atom stereocenters. The Hall–Kier alpha value is -1.80. The van der Waals surface area contributed by atoms with E-state index in [4.69, 9.17) is 11.2 Å². The molecule has 1 atom stereocenters. The highest BCUT2D eigenvalue weighted by Gasteiger charge is 2.22. The van der Waals surface area contributed by atoms with Gasteiger partial charge < -0.3 is 9.64 Å². The SMILES string of the molecule is C#CCCCn1ncc(N2CCC(OC)C2)cc1=O. The summed E-state index contributed by atoms with van der Waals surface area (Å²) < 4.78 is 6.78. The first-order valence-corrected chi connectivity index (χ1v) is 6.53. The van der Waals surface area contributed by atoms with E-state index in [0.717, 1.165) is 31.6 Å². The second kappa shape index (κ2) is 6.39. The number of terminal acetylenes is 1. The zero-order valence-corrected chi connectivity index (χ0v) is 11.2. The van der Waals surface area contributed by atoms with Crippen LogP contribution in [0.4, 0.5) is 5.69 Å². The maximum absolute atomic E-state index is 11.9. The summed E-state index contributed by atoms with van der Waals surface area (Å²) in [5.74, 6) is 2.56. The van der Waals surface area contributed by atoms with Crippen molar-refractivity contribution in [1.82, 2.24) is 9.78 Å². The van der Waals surface area contributed by atoms with Crippen LogP contribution in [0, 0.1) is 12.3 Å². The minimum Gasteiger partial charge on any atom is -0.380 e. The minimum atomic E-state index is -0.0737. The van der Waals surface area contributed by atoms with Crippen LogP contribution in [0.1, 0.15) is 19.3 Å². The molecule has 5 heteroatoms. The fourth-order valence-corrected chi connectivity index (χ4v) is 2.25. The molecular weight excluding hydrogens is 242 g/mol. The Bertz CT molecular complexity index is 518. The molecule has 0 radical (unpaired) electrons. The first kappa shape index (κ1) is 13.6. The third-order valence-electron chi connectivity index (χ3n) is 3.39. The normalized spacial score (nSPS) is 18.5. The fourth-order valence-electron chi connectivity index (χ4n) is 2.25. The van der Waals surface area contributed by atoms with Gasteiger partial charge in [0.2, 0.25) is 0 Å². The smallest absolute Gasteiger partial charge is 0.268 e. The van der Waals surface area contributed by atoms with Crippen LogP contribution < -0.4 is 10.5 Å². The molecule has 1 aliphatic heterocycles. The van der Waals surface area contributed by atoms with E-state index >= 15 is 0 Å². The number of hydrogen-bond acceptors (Lipinski definition) is 4. The first-order chi connectivity index (χ1) is 9.24. The summed E-state index contributed by atoms with van der Waals surface area (Å²) >= 11 is 0. The number of nitrogens with zero attached hydrogens (tertiary/aromatic N) is 3. The summed E-state index contributed by atoms with van der Waals surface area (Å²) in [4.78, 5) is 14.1. The summed E-state index contributed by atoms with van der Waals surface area (Å²) in [6.07, 6.45) is 9.61. The summed E-state index contributed by atoms with van der Waals surface area (Å²) in [5.41, 5.74) is 0.799. The van der Waals surface area contributed by atoms with Crippen LogP contribution in [-0.4, -0.2) is 36.1 Å². The van der Waals surface area contributed by atoms with Gasteiger partial charge in [0.15, 0.2) is 0 Å². The Kier molecular flexibility index (Phi) is 4.58. The van der Waals surface area contributed by atoms with Gasteiger partial charge in [-0.1, -0.05) is 0 Å². The lowest BCUT2D eigenvalue weighted by atomic mass is 10.3. The number of anilines is 1. The molecule has 0 amide bonds. The monoisotopic (exact) mass is 261 g/mol. The standard InChI is InChI=1S/C14H19N3O2/c1-3-4-5-7-17-14(18)9-12(10-15-17)16-8-6-13(11-16)19-2/h1,9-10,13H,4-8,11H2,2H3. The lowest BCUT2D eigenvalue weighted by molar-refractivity contribution is 0.121. The third kappa shape index (κ3) is 3.36. The Morgan fingerprint density at radius 3 is 3.11 bits per heavy atom. The van der Waals surface area contributed by atoms with Crippen LogP contribution in [0.5, 0.6) is 0 Å². The zero-order chi connectivity index (χ0) is 13.7. The Labute approximate surface area is 113 Å². The number of rotatable bonds is 5. The second-order valence-corrected chi connectivity index (χ2v) is 4.68. The highest BCUT2D eigenvalue weighted by Crippen LogP contribution is 2.19. The van der Waals surface area contributed by atoms with Gasteiger partial charge in [0.05, 0.1) is 18.0 Å². The molecule has 1 aromatic heterocycles. The van der Waals surface area contributed by atoms with Gasteiger partial charge in [-0.2, -0.15) is 5.10 Å².